The molecule has 0 spiro atoms. The van der Waals surface area contributed by atoms with Gasteiger partial charge < -0.3 is 0 Å². The molecule has 0 saturated heterocycles. The molecule has 2 aromatic rings. The quantitative estimate of drug-likeness (QED) is 0.672. The van der Waals surface area contributed by atoms with E-state index in [9.17, 15) is 4.79 Å². The molecule has 0 aromatic heterocycles. The predicted molar refractivity (Wildman–Crippen MR) is 87.0 cm³/mol. The van der Waals surface area contributed by atoms with Crippen LogP contribution in [0.4, 0.5) is 0 Å². The summed E-state index contributed by atoms with van der Waals surface area (Å²) in [4.78, 5) is 12.0. The number of carbonyl (C=O) groups is 1. The Kier molecular flexibility index (Phi) is 4.76. The van der Waals surface area contributed by atoms with Crippen molar-refractivity contribution in [2.45, 2.75) is 20.8 Å². The number of aryl methyl sites for hydroxylation is 2. The number of halogens is 1. The van der Waals surface area contributed by atoms with E-state index >= 15 is 0 Å². The zero-order valence-electron chi connectivity index (χ0n) is 12.3. The van der Waals surface area contributed by atoms with E-state index in [1.807, 2.05) is 19.1 Å². The molecule has 0 fully saturated rings. The number of rotatable bonds is 3. The number of hydrogen-bond donors (Lipinski definition) is 1. The van der Waals surface area contributed by atoms with Gasteiger partial charge >= 0.3 is 0 Å². The first-order chi connectivity index (χ1) is 9.97. The predicted octanol–water partition coefficient (Wildman–Crippen LogP) is 4.11. The lowest BCUT2D eigenvalue weighted by Crippen LogP contribution is -2.19. The molecule has 1 amide bonds. The summed E-state index contributed by atoms with van der Waals surface area (Å²) in [6.07, 6.45) is 0. The van der Waals surface area contributed by atoms with Gasteiger partial charge in [-0.25, -0.2) is 5.43 Å². The highest BCUT2D eigenvalue weighted by atomic mass is 35.5. The van der Waals surface area contributed by atoms with Crippen LogP contribution in [0.5, 0.6) is 0 Å². The first kappa shape index (κ1) is 15.3. The van der Waals surface area contributed by atoms with Gasteiger partial charge in [-0.05, 0) is 61.7 Å². The van der Waals surface area contributed by atoms with Crippen LogP contribution in [0.25, 0.3) is 0 Å². The Morgan fingerprint density at radius 2 is 1.81 bits per heavy atom. The van der Waals surface area contributed by atoms with Crippen molar-refractivity contribution in [3.63, 3.8) is 0 Å². The van der Waals surface area contributed by atoms with Crippen molar-refractivity contribution < 1.29 is 4.79 Å². The number of benzene rings is 2. The van der Waals surface area contributed by atoms with E-state index in [4.69, 9.17) is 11.6 Å². The molecule has 0 atom stereocenters. The van der Waals surface area contributed by atoms with Crippen LogP contribution in [0.2, 0.25) is 5.02 Å². The van der Waals surface area contributed by atoms with Gasteiger partial charge in [0.25, 0.3) is 5.91 Å². The van der Waals surface area contributed by atoms with Crippen LogP contribution in [0.3, 0.4) is 0 Å². The summed E-state index contributed by atoms with van der Waals surface area (Å²) >= 11 is 5.86. The van der Waals surface area contributed by atoms with Crippen LogP contribution in [0.1, 0.15) is 34.0 Å². The summed E-state index contributed by atoms with van der Waals surface area (Å²) in [5.74, 6) is -0.277. The van der Waals surface area contributed by atoms with Gasteiger partial charge in [-0.2, -0.15) is 5.10 Å². The average molecular weight is 301 g/mol. The van der Waals surface area contributed by atoms with Crippen LogP contribution < -0.4 is 5.43 Å². The Labute approximate surface area is 129 Å². The Morgan fingerprint density at radius 3 is 2.48 bits per heavy atom. The molecule has 0 aliphatic heterocycles. The van der Waals surface area contributed by atoms with E-state index in [1.165, 1.54) is 11.1 Å². The molecular formula is C17H17ClN2O. The van der Waals surface area contributed by atoms with Gasteiger partial charge in [-0.3, -0.25) is 4.79 Å². The number of carbonyl (C=O) groups excluding carboxylic acids is 1. The van der Waals surface area contributed by atoms with Crippen LogP contribution in [-0.2, 0) is 0 Å². The second-order valence-electron chi connectivity index (χ2n) is 4.95. The number of hydrogen-bond acceptors (Lipinski definition) is 2. The summed E-state index contributed by atoms with van der Waals surface area (Å²) in [5, 5.41) is 4.67. The van der Waals surface area contributed by atoms with Crippen LogP contribution >= 0.6 is 11.6 Å². The SMILES string of the molecule is C/C(=N\NC(=O)c1cccc(Cl)c1)c1ccc(C)c(C)c1. The topological polar surface area (TPSA) is 41.5 Å². The zero-order chi connectivity index (χ0) is 15.4. The summed E-state index contributed by atoms with van der Waals surface area (Å²) in [6, 6.07) is 12.9. The molecule has 1 N–H and O–H groups in total. The van der Waals surface area contributed by atoms with Gasteiger partial charge in [-0.1, -0.05) is 29.8 Å². The minimum atomic E-state index is -0.277. The Hall–Kier alpha value is -2.13. The van der Waals surface area contributed by atoms with Crippen LogP contribution in [-0.4, -0.2) is 11.6 Å². The van der Waals surface area contributed by atoms with Gasteiger partial charge in [0.1, 0.15) is 0 Å². The van der Waals surface area contributed by atoms with Crippen molar-refractivity contribution in [1.82, 2.24) is 5.43 Å². The summed E-state index contributed by atoms with van der Waals surface area (Å²) in [7, 11) is 0. The number of nitrogens with zero attached hydrogens (tertiary/aromatic N) is 1. The first-order valence-electron chi connectivity index (χ1n) is 6.65. The molecular weight excluding hydrogens is 284 g/mol. The average Bonchev–Trinajstić information content (AvgIpc) is 2.47. The molecule has 4 heteroatoms. The Bertz CT molecular complexity index is 708. The molecule has 3 nitrogen and oxygen atoms in total. The molecule has 0 aliphatic carbocycles. The highest BCUT2D eigenvalue weighted by molar-refractivity contribution is 6.30. The van der Waals surface area contributed by atoms with E-state index in [0.717, 1.165) is 11.3 Å². The molecule has 108 valence electrons. The van der Waals surface area contributed by atoms with E-state index in [-0.39, 0.29) is 5.91 Å². The summed E-state index contributed by atoms with van der Waals surface area (Å²) < 4.78 is 0. The maximum atomic E-state index is 12.0. The minimum absolute atomic E-state index is 0.277. The van der Waals surface area contributed by atoms with Crippen LogP contribution in [0, 0.1) is 13.8 Å². The van der Waals surface area contributed by atoms with Crippen molar-refractivity contribution in [2.75, 3.05) is 0 Å². The molecule has 2 aromatic carbocycles. The largest absolute Gasteiger partial charge is 0.271 e. The summed E-state index contributed by atoms with van der Waals surface area (Å²) in [5.41, 5.74) is 7.21. The molecule has 0 heterocycles. The Morgan fingerprint density at radius 1 is 1.05 bits per heavy atom. The standard InChI is InChI=1S/C17H17ClN2O/c1-11-7-8-14(9-12(11)2)13(3)19-20-17(21)15-5-4-6-16(18)10-15/h4-10H,1-3H3,(H,20,21)/b19-13+. The fourth-order valence-electron chi connectivity index (χ4n) is 1.86. The fraction of sp³-hybridized carbons (Fsp3) is 0.176. The molecule has 0 saturated carbocycles. The molecule has 21 heavy (non-hydrogen) atoms. The second-order valence-corrected chi connectivity index (χ2v) is 5.38. The zero-order valence-corrected chi connectivity index (χ0v) is 13.0. The number of nitrogens with one attached hydrogen (secondary N) is 1. The molecule has 0 unspecified atom stereocenters. The highest BCUT2D eigenvalue weighted by Gasteiger charge is 2.05. The van der Waals surface area contributed by atoms with Crippen molar-refractivity contribution in [3.05, 3.63) is 69.7 Å². The molecule has 0 aliphatic rings. The van der Waals surface area contributed by atoms with Gasteiger partial charge in [0, 0.05) is 10.6 Å². The third-order valence-corrected chi connectivity index (χ3v) is 3.57. The maximum Gasteiger partial charge on any atom is 0.271 e. The third-order valence-electron chi connectivity index (χ3n) is 3.34. The van der Waals surface area contributed by atoms with Crippen molar-refractivity contribution in [3.8, 4) is 0 Å². The number of amides is 1. The van der Waals surface area contributed by atoms with Crippen molar-refractivity contribution >= 4 is 23.2 Å². The van der Waals surface area contributed by atoms with Crippen LogP contribution in [0.15, 0.2) is 47.6 Å². The van der Waals surface area contributed by atoms with E-state index in [1.54, 1.807) is 24.3 Å². The fourth-order valence-corrected chi connectivity index (χ4v) is 2.05. The molecule has 0 radical (unpaired) electrons. The van der Waals surface area contributed by atoms with Crippen molar-refractivity contribution in [1.29, 1.82) is 0 Å². The second kappa shape index (κ2) is 6.55. The Balaban J connectivity index is 2.13. The smallest absolute Gasteiger partial charge is 0.267 e. The third kappa shape index (κ3) is 3.92. The van der Waals surface area contributed by atoms with E-state index in [0.29, 0.717) is 10.6 Å². The lowest BCUT2D eigenvalue weighted by Gasteiger charge is -2.06. The van der Waals surface area contributed by atoms with Gasteiger partial charge in [0.15, 0.2) is 0 Å². The van der Waals surface area contributed by atoms with Gasteiger partial charge in [-0.15, -0.1) is 0 Å². The van der Waals surface area contributed by atoms with Crippen molar-refractivity contribution in [2.24, 2.45) is 5.10 Å². The van der Waals surface area contributed by atoms with E-state index in [2.05, 4.69) is 30.4 Å². The normalized spacial score (nSPS) is 11.3. The minimum Gasteiger partial charge on any atom is -0.267 e. The lowest BCUT2D eigenvalue weighted by atomic mass is 10.0. The molecule has 0 bridgehead atoms. The highest BCUT2D eigenvalue weighted by Crippen LogP contribution is 2.12. The molecule has 2 rings (SSSR count). The first-order valence-corrected chi connectivity index (χ1v) is 7.03. The monoisotopic (exact) mass is 300 g/mol. The maximum absolute atomic E-state index is 12.0. The summed E-state index contributed by atoms with van der Waals surface area (Å²) in [6.45, 7) is 5.98. The lowest BCUT2D eigenvalue weighted by molar-refractivity contribution is 0.0955. The van der Waals surface area contributed by atoms with E-state index < -0.39 is 0 Å². The number of hydrazone groups is 1. The van der Waals surface area contributed by atoms with Gasteiger partial charge in [0.2, 0.25) is 0 Å². The van der Waals surface area contributed by atoms with Gasteiger partial charge in [0.05, 0.1) is 5.71 Å².